The van der Waals surface area contributed by atoms with Crippen molar-refractivity contribution in [2.75, 3.05) is 30.1 Å². The zero-order valence-corrected chi connectivity index (χ0v) is 34.9. The van der Waals surface area contributed by atoms with Crippen molar-refractivity contribution in [1.29, 1.82) is 0 Å². The Morgan fingerprint density at radius 1 is 1.02 bits per heavy atom. The fourth-order valence-corrected chi connectivity index (χ4v) is 13.9. The summed E-state index contributed by atoms with van der Waals surface area (Å²) in [6, 6.07) is 32.4. The van der Waals surface area contributed by atoms with E-state index in [1.54, 1.807) is 7.11 Å². The molecular formula is C44H48BrN5O5Si. The van der Waals surface area contributed by atoms with Gasteiger partial charge in [0, 0.05) is 47.3 Å². The van der Waals surface area contributed by atoms with E-state index < -0.39 is 13.7 Å². The molecular weight excluding hydrogens is 787 g/mol. The highest BCUT2D eigenvalue weighted by molar-refractivity contribution is 9.10. The zero-order valence-electron chi connectivity index (χ0n) is 32.3. The lowest BCUT2D eigenvalue weighted by molar-refractivity contribution is -0.146. The van der Waals surface area contributed by atoms with Gasteiger partial charge in [-0.1, -0.05) is 101 Å². The summed E-state index contributed by atoms with van der Waals surface area (Å²) in [7, 11) is -0.683. The van der Waals surface area contributed by atoms with Crippen LogP contribution in [0, 0.1) is 5.92 Å². The van der Waals surface area contributed by atoms with Crippen molar-refractivity contribution in [3.63, 3.8) is 0 Å². The molecule has 1 N–H and O–H groups in total. The Morgan fingerprint density at radius 2 is 1.77 bits per heavy atom. The first-order valence-electron chi connectivity index (χ1n) is 19.4. The number of methoxy groups -OCH3 is 1. The average Bonchev–Trinajstić information content (AvgIpc) is 3.98. The van der Waals surface area contributed by atoms with Gasteiger partial charge in [0.2, 0.25) is 5.91 Å². The summed E-state index contributed by atoms with van der Waals surface area (Å²) < 4.78 is 15.6. The van der Waals surface area contributed by atoms with Crippen LogP contribution in [0.3, 0.4) is 0 Å². The summed E-state index contributed by atoms with van der Waals surface area (Å²) in [4.78, 5) is 31.4. The topological polar surface area (TPSA) is 110 Å². The second-order valence-electron chi connectivity index (χ2n) is 15.9. The SMILES string of the molecule is COc1ccc([Si](C)(C)[C@H]2[C@H](CCn3cc(C(CO)c4ccccc4)nn3)O[C@@]3(C(=O)N(Cc4ccc(N5CCCC5=O)cc4)c4ccc(Br)cc43)[C@@H]2C)cc1. The number of carbonyl (C=O) groups excluding carboxylic acids is 2. The first-order chi connectivity index (χ1) is 27.0. The first kappa shape index (κ1) is 38.3. The van der Waals surface area contributed by atoms with E-state index in [4.69, 9.17) is 9.47 Å². The smallest absolute Gasteiger partial charge is 0.264 e. The number of hydrogen-bond donors (Lipinski definition) is 1. The second-order valence-corrected chi connectivity index (χ2v) is 21.5. The number of hydrogen-bond acceptors (Lipinski definition) is 7. The molecule has 0 radical (unpaired) electrons. The number of halogens is 1. The largest absolute Gasteiger partial charge is 0.497 e. The number of anilines is 2. The standard InChI is InChI=1S/C44H48BrN5O5Si/c1-29-42(56(3,4)35-19-17-34(54-2)18-20-35)40(22-24-48-27-38(46-47-48)36(28-51)31-9-6-5-7-10-31)55-44(29)37-25-32(45)14-21-39(37)50(43(44)53)26-30-12-15-33(16-13-30)49-23-8-11-41(49)52/h5-7,9-10,12-21,25,27,29,36,40,42,51H,8,11,22-24,26,28H2,1-4H3/t29-,36?,40+,42-,44+/m1/s1. The molecule has 4 aromatic carbocycles. The number of benzene rings is 4. The van der Waals surface area contributed by atoms with Gasteiger partial charge < -0.3 is 24.4 Å². The van der Waals surface area contributed by atoms with Crippen molar-refractivity contribution in [2.45, 2.75) is 75.5 Å². The van der Waals surface area contributed by atoms with Gasteiger partial charge in [0.05, 0.1) is 51.7 Å². The molecule has 0 saturated carbocycles. The van der Waals surface area contributed by atoms with E-state index in [-0.39, 0.29) is 41.9 Å². The van der Waals surface area contributed by atoms with Crippen LogP contribution in [-0.4, -0.2) is 66.4 Å². The van der Waals surface area contributed by atoms with Crippen molar-refractivity contribution < 1.29 is 24.2 Å². The van der Waals surface area contributed by atoms with Crippen LogP contribution in [0.4, 0.5) is 11.4 Å². The maximum atomic E-state index is 15.3. The molecule has 8 rings (SSSR count). The molecule has 3 aliphatic heterocycles. The lowest BCUT2D eigenvalue weighted by atomic mass is 9.82. The van der Waals surface area contributed by atoms with Crippen molar-refractivity contribution in [3.8, 4) is 5.75 Å². The third kappa shape index (κ3) is 6.70. The van der Waals surface area contributed by atoms with E-state index >= 15 is 4.79 Å². The van der Waals surface area contributed by atoms with E-state index in [2.05, 4.69) is 64.5 Å². The van der Waals surface area contributed by atoms with E-state index in [0.29, 0.717) is 31.6 Å². The molecule has 56 heavy (non-hydrogen) atoms. The highest BCUT2D eigenvalue weighted by atomic mass is 79.9. The number of fused-ring (bicyclic) bond motifs is 2. The Bertz CT molecular complexity index is 2220. The molecule has 2 fully saturated rings. The maximum Gasteiger partial charge on any atom is 0.264 e. The fraction of sp³-hybridized carbons (Fsp3) is 0.364. The van der Waals surface area contributed by atoms with Gasteiger partial charge in [-0.05, 0) is 72.0 Å². The molecule has 2 saturated heterocycles. The Kier molecular flexibility index (Phi) is 10.5. The predicted molar refractivity (Wildman–Crippen MR) is 223 cm³/mol. The third-order valence-corrected chi connectivity index (χ3v) is 17.3. The monoisotopic (exact) mass is 833 g/mol. The van der Waals surface area contributed by atoms with Crippen LogP contribution in [0.5, 0.6) is 5.75 Å². The van der Waals surface area contributed by atoms with Crippen molar-refractivity contribution >= 4 is 52.4 Å². The van der Waals surface area contributed by atoms with Gasteiger partial charge in [-0.2, -0.15) is 0 Å². The summed E-state index contributed by atoms with van der Waals surface area (Å²) in [5.74, 6) is 0.467. The quantitative estimate of drug-likeness (QED) is 0.133. The summed E-state index contributed by atoms with van der Waals surface area (Å²) in [5.41, 5.74) is 4.15. The predicted octanol–water partition coefficient (Wildman–Crippen LogP) is 7.15. The number of aliphatic hydroxyl groups excluding tert-OH is 1. The molecule has 5 atom stereocenters. The van der Waals surface area contributed by atoms with Crippen LogP contribution in [-0.2, 0) is 33.0 Å². The molecule has 290 valence electrons. The molecule has 3 aliphatic rings. The van der Waals surface area contributed by atoms with Gasteiger partial charge in [0.1, 0.15) is 5.75 Å². The average molecular weight is 835 g/mol. The number of aryl methyl sites for hydroxylation is 1. The highest BCUT2D eigenvalue weighted by Crippen LogP contribution is 2.60. The molecule has 1 spiro atoms. The van der Waals surface area contributed by atoms with Crippen LogP contribution in [0.15, 0.2) is 108 Å². The zero-order chi connectivity index (χ0) is 39.2. The van der Waals surface area contributed by atoms with Gasteiger partial charge in [0.25, 0.3) is 5.91 Å². The Balaban J connectivity index is 1.13. The van der Waals surface area contributed by atoms with Crippen molar-refractivity contribution in [2.24, 2.45) is 5.92 Å². The molecule has 0 aliphatic carbocycles. The minimum absolute atomic E-state index is 0.0550. The molecule has 1 aromatic heterocycles. The van der Waals surface area contributed by atoms with Crippen LogP contribution >= 0.6 is 15.9 Å². The summed E-state index contributed by atoms with van der Waals surface area (Å²) >= 11 is 3.73. The molecule has 5 aromatic rings. The van der Waals surface area contributed by atoms with Gasteiger partial charge in [-0.3, -0.25) is 14.3 Å². The molecule has 1 unspecified atom stereocenters. The second kappa shape index (κ2) is 15.4. The van der Waals surface area contributed by atoms with Gasteiger partial charge in [-0.15, -0.1) is 5.10 Å². The minimum atomic E-state index is -2.36. The van der Waals surface area contributed by atoms with Crippen LogP contribution < -0.4 is 19.7 Å². The normalized spacial score (nSPS) is 22.6. The summed E-state index contributed by atoms with van der Waals surface area (Å²) in [5, 5.41) is 20.6. The van der Waals surface area contributed by atoms with Gasteiger partial charge in [0.15, 0.2) is 5.60 Å². The lowest BCUT2D eigenvalue weighted by Gasteiger charge is -2.37. The molecule has 10 nitrogen and oxygen atoms in total. The van der Waals surface area contributed by atoms with Crippen molar-refractivity contribution in [1.82, 2.24) is 15.0 Å². The van der Waals surface area contributed by atoms with Crippen LogP contribution in [0.2, 0.25) is 18.6 Å². The van der Waals surface area contributed by atoms with Gasteiger partial charge in [-0.25, -0.2) is 0 Å². The van der Waals surface area contributed by atoms with Gasteiger partial charge >= 0.3 is 0 Å². The summed E-state index contributed by atoms with van der Waals surface area (Å²) in [6.45, 7) is 8.54. The number of nitrogens with zero attached hydrogens (tertiary/aromatic N) is 5. The number of aliphatic hydroxyl groups is 1. The number of rotatable bonds is 12. The van der Waals surface area contributed by atoms with E-state index in [9.17, 15) is 9.90 Å². The van der Waals surface area contributed by atoms with E-state index in [0.717, 1.165) is 51.3 Å². The van der Waals surface area contributed by atoms with E-state index in [1.165, 1.54) is 5.19 Å². The van der Waals surface area contributed by atoms with Crippen molar-refractivity contribution in [3.05, 3.63) is 130 Å². The molecule has 0 bridgehead atoms. The number of carbonyl (C=O) groups is 2. The minimum Gasteiger partial charge on any atom is -0.497 e. The Labute approximate surface area is 337 Å². The molecule has 12 heteroatoms. The lowest BCUT2D eigenvalue weighted by Crippen LogP contribution is -2.51. The number of ether oxygens (including phenoxy) is 2. The Hall–Kier alpha value is -4.62. The first-order valence-corrected chi connectivity index (χ1v) is 23.3. The molecule has 2 amide bonds. The fourth-order valence-electron chi connectivity index (χ4n) is 9.49. The van der Waals surface area contributed by atoms with Crippen LogP contribution in [0.1, 0.15) is 54.5 Å². The Morgan fingerprint density at radius 3 is 2.45 bits per heavy atom. The van der Waals surface area contributed by atoms with Crippen LogP contribution in [0.25, 0.3) is 0 Å². The molecule has 4 heterocycles. The summed E-state index contributed by atoms with van der Waals surface area (Å²) in [6.07, 6.45) is 3.72. The maximum absolute atomic E-state index is 15.3. The third-order valence-electron chi connectivity index (χ3n) is 12.4. The highest BCUT2D eigenvalue weighted by Gasteiger charge is 2.66. The number of aromatic nitrogens is 3. The van der Waals surface area contributed by atoms with E-state index in [1.807, 2.05) is 99.5 Å². The number of amides is 2.